The van der Waals surface area contributed by atoms with Crippen LogP contribution in [0.15, 0.2) is 36.9 Å². The topological polar surface area (TPSA) is 37.4 Å². The van der Waals surface area contributed by atoms with E-state index < -0.39 is 0 Å². The number of benzene rings is 1. The molecule has 1 aliphatic rings. The zero-order valence-corrected chi connectivity index (χ0v) is 10.7. The SMILES string of the molecule is C=C[C@@H](CC(C)C)N1C(=O)c2ccccc2C1=O. The van der Waals surface area contributed by atoms with Gasteiger partial charge >= 0.3 is 0 Å². The number of hydrogen-bond acceptors (Lipinski definition) is 2. The molecule has 0 aliphatic carbocycles. The number of nitrogens with zero attached hydrogens (tertiary/aromatic N) is 1. The lowest BCUT2D eigenvalue weighted by Gasteiger charge is -2.24. The van der Waals surface area contributed by atoms with Crippen LogP contribution in [0, 0.1) is 5.92 Å². The van der Waals surface area contributed by atoms with Crippen LogP contribution in [-0.2, 0) is 0 Å². The average molecular weight is 243 g/mol. The molecule has 0 aromatic heterocycles. The van der Waals surface area contributed by atoms with Crippen molar-refractivity contribution in [2.75, 3.05) is 0 Å². The van der Waals surface area contributed by atoms with Gasteiger partial charge < -0.3 is 0 Å². The molecular formula is C15H17NO2. The molecule has 1 heterocycles. The van der Waals surface area contributed by atoms with E-state index in [0.717, 1.165) is 6.42 Å². The van der Waals surface area contributed by atoms with Crippen LogP contribution in [0.1, 0.15) is 41.0 Å². The zero-order valence-electron chi connectivity index (χ0n) is 10.7. The van der Waals surface area contributed by atoms with Crippen molar-refractivity contribution in [1.29, 1.82) is 0 Å². The molecule has 3 heteroatoms. The third-order valence-electron chi connectivity index (χ3n) is 3.14. The van der Waals surface area contributed by atoms with Crippen LogP contribution in [0.4, 0.5) is 0 Å². The van der Waals surface area contributed by atoms with E-state index in [4.69, 9.17) is 0 Å². The van der Waals surface area contributed by atoms with Gasteiger partial charge in [0.25, 0.3) is 11.8 Å². The number of amides is 2. The van der Waals surface area contributed by atoms with E-state index in [-0.39, 0.29) is 17.9 Å². The van der Waals surface area contributed by atoms with E-state index in [1.165, 1.54) is 4.90 Å². The molecule has 1 atom stereocenters. The summed E-state index contributed by atoms with van der Waals surface area (Å²) in [5.41, 5.74) is 0.996. The van der Waals surface area contributed by atoms with Gasteiger partial charge in [-0.05, 0) is 24.5 Å². The Morgan fingerprint density at radius 1 is 1.17 bits per heavy atom. The van der Waals surface area contributed by atoms with Gasteiger partial charge in [-0.15, -0.1) is 6.58 Å². The van der Waals surface area contributed by atoms with E-state index >= 15 is 0 Å². The molecule has 2 amide bonds. The smallest absolute Gasteiger partial charge is 0.262 e. The van der Waals surface area contributed by atoms with Crippen molar-refractivity contribution in [2.24, 2.45) is 5.92 Å². The van der Waals surface area contributed by atoms with Crippen molar-refractivity contribution < 1.29 is 9.59 Å². The summed E-state index contributed by atoms with van der Waals surface area (Å²) in [6, 6.07) is 6.73. The van der Waals surface area contributed by atoms with Crippen molar-refractivity contribution in [1.82, 2.24) is 4.90 Å². The minimum Gasteiger partial charge on any atom is -0.269 e. The van der Waals surface area contributed by atoms with Gasteiger partial charge in [0.1, 0.15) is 0 Å². The summed E-state index contributed by atoms with van der Waals surface area (Å²) in [5.74, 6) is -0.0142. The Hall–Kier alpha value is -1.90. The van der Waals surface area contributed by atoms with Crippen molar-refractivity contribution >= 4 is 11.8 Å². The van der Waals surface area contributed by atoms with Crippen LogP contribution >= 0.6 is 0 Å². The van der Waals surface area contributed by atoms with E-state index in [1.807, 2.05) is 0 Å². The Labute approximate surface area is 107 Å². The normalized spacial score (nSPS) is 16.1. The summed E-state index contributed by atoms with van der Waals surface area (Å²) in [6.07, 6.45) is 2.43. The molecule has 1 aliphatic heterocycles. The van der Waals surface area contributed by atoms with Gasteiger partial charge in [-0.25, -0.2) is 0 Å². The largest absolute Gasteiger partial charge is 0.269 e. The second kappa shape index (κ2) is 4.77. The lowest BCUT2D eigenvalue weighted by atomic mass is 10.0. The zero-order chi connectivity index (χ0) is 13.3. The highest BCUT2D eigenvalue weighted by atomic mass is 16.2. The van der Waals surface area contributed by atoms with Crippen LogP contribution in [0.25, 0.3) is 0 Å². The highest BCUT2D eigenvalue weighted by molar-refractivity contribution is 6.21. The lowest BCUT2D eigenvalue weighted by molar-refractivity contribution is 0.0602. The van der Waals surface area contributed by atoms with Gasteiger partial charge in [0, 0.05) is 0 Å². The highest BCUT2D eigenvalue weighted by Gasteiger charge is 2.38. The first-order valence-electron chi connectivity index (χ1n) is 6.15. The van der Waals surface area contributed by atoms with E-state index in [0.29, 0.717) is 17.0 Å². The highest BCUT2D eigenvalue weighted by Crippen LogP contribution is 2.26. The molecule has 2 rings (SSSR count). The predicted octanol–water partition coefficient (Wildman–Crippen LogP) is 2.88. The Bertz CT molecular complexity index is 470. The first kappa shape index (κ1) is 12.6. The second-order valence-electron chi connectivity index (χ2n) is 4.96. The summed E-state index contributed by atoms with van der Waals surface area (Å²) in [7, 11) is 0. The Morgan fingerprint density at radius 2 is 1.67 bits per heavy atom. The first-order chi connectivity index (χ1) is 8.56. The number of carbonyl (C=O) groups excluding carboxylic acids is 2. The minimum absolute atomic E-state index is 0.207. The molecule has 0 unspecified atom stereocenters. The maximum absolute atomic E-state index is 12.2. The molecular weight excluding hydrogens is 226 g/mol. The summed E-state index contributed by atoms with van der Waals surface area (Å²) in [6.45, 7) is 7.87. The standard InChI is InChI=1S/C15H17NO2/c1-4-11(9-10(2)3)16-14(17)12-7-5-6-8-13(12)15(16)18/h4-8,10-11H,1,9H2,2-3H3/t11-/m0/s1. The molecule has 0 fully saturated rings. The molecule has 3 nitrogen and oxygen atoms in total. The Morgan fingerprint density at radius 3 is 2.06 bits per heavy atom. The Balaban J connectivity index is 2.35. The quantitative estimate of drug-likeness (QED) is 0.602. The molecule has 0 bridgehead atoms. The average Bonchev–Trinajstić information content (AvgIpc) is 2.60. The summed E-state index contributed by atoms with van der Waals surface area (Å²) < 4.78 is 0. The molecule has 18 heavy (non-hydrogen) atoms. The first-order valence-corrected chi connectivity index (χ1v) is 6.15. The molecule has 94 valence electrons. The molecule has 0 radical (unpaired) electrons. The minimum atomic E-state index is -0.225. The number of carbonyl (C=O) groups is 2. The third-order valence-corrected chi connectivity index (χ3v) is 3.14. The molecule has 1 aromatic rings. The van der Waals surface area contributed by atoms with Gasteiger partial charge in [-0.3, -0.25) is 14.5 Å². The molecule has 0 spiro atoms. The maximum Gasteiger partial charge on any atom is 0.262 e. The van der Waals surface area contributed by atoms with Gasteiger partial charge in [0.15, 0.2) is 0 Å². The van der Waals surface area contributed by atoms with Crippen molar-refractivity contribution in [2.45, 2.75) is 26.3 Å². The van der Waals surface area contributed by atoms with E-state index in [2.05, 4.69) is 20.4 Å². The maximum atomic E-state index is 12.2. The van der Waals surface area contributed by atoms with Crippen molar-refractivity contribution in [3.8, 4) is 0 Å². The molecule has 0 N–H and O–H groups in total. The number of fused-ring (bicyclic) bond motifs is 1. The van der Waals surface area contributed by atoms with Crippen molar-refractivity contribution in [3.05, 3.63) is 48.0 Å². The van der Waals surface area contributed by atoms with Gasteiger partial charge in [0.05, 0.1) is 17.2 Å². The van der Waals surface area contributed by atoms with Crippen LogP contribution in [0.3, 0.4) is 0 Å². The summed E-state index contributed by atoms with van der Waals surface area (Å²) in [5, 5.41) is 0. The van der Waals surface area contributed by atoms with E-state index in [1.54, 1.807) is 30.3 Å². The van der Waals surface area contributed by atoms with Crippen LogP contribution in [-0.4, -0.2) is 22.8 Å². The second-order valence-corrected chi connectivity index (χ2v) is 4.96. The molecule has 0 saturated heterocycles. The van der Waals surface area contributed by atoms with Crippen LogP contribution in [0.5, 0.6) is 0 Å². The van der Waals surface area contributed by atoms with Gasteiger partial charge in [-0.1, -0.05) is 32.1 Å². The molecule has 1 aromatic carbocycles. The number of rotatable bonds is 4. The summed E-state index contributed by atoms with van der Waals surface area (Å²) in [4.78, 5) is 25.8. The molecule has 0 saturated carbocycles. The fourth-order valence-electron chi connectivity index (χ4n) is 2.30. The summed E-state index contributed by atoms with van der Waals surface area (Å²) >= 11 is 0. The fraction of sp³-hybridized carbons (Fsp3) is 0.333. The van der Waals surface area contributed by atoms with E-state index in [9.17, 15) is 9.59 Å². The van der Waals surface area contributed by atoms with Crippen LogP contribution in [0.2, 0.25) is 0 Å². The van der Waals surface area contributed by atoms with Gasteiger partial charge in [-0.2, -0.15) is 0 Å². The number of imide groups is 1. The van der Waals surface area contributed by atoms with Crippen LogP contribution < -0.4 is 0 Å². The third kappa shape index (κ3) is 1.96. The van der Waals surface area contributed by atoms with Crippen molar-refractivity contribution in [3.63, 3.8) is 0 Å². The monoisotopic (exact) mass is 243 g/mol. The lowest BCUT2D eigenvalue weighted by Crippen LogP contribution is -2.39. The fourth-order valence-corrected chi connectivity index (χ4v) is 2.30. The number of hydrogen-bond donors (Lipinski definition) is 0. The predicted molar refractivity (Wildman–Crippen MR) is 70.4 cm³/mol. The Kier molecular flexibility index (Phi) is 3.32. The van der Waals surface area contributed by atoms with Gasteiger partial charge in [0.2, 0.25) is 0 Å².